The third-order valence-electron chi connectivity index (χ3n) is 2.88. The van der Waals surface area contributed by atoms with E-state index >= 15 is 0 Å². The molecule has 5 nitrogen and oxygen atoms in total. The van der Waals surface area contributed by atoms with Crippen LogP contribution in [0.5, 0.6) is 5.75 Å². The van der Waals surface area contributed by atoms with E-state index < -0.39 is 0 Å². The third-order valence-corrected chi connectivity index (χ3v) is 3.74. The molecule has 0 aliphatic carbocycles. The minimum absolute atomic E-state index is 0.346. The first-order valence-electron chi connectivity index (χ1n) is 5.73. The molecule has 0 saturated heterocycles. The van der Waals surface area contributed by atoms with E-state index in [4.69, 9.17) is 22.1 Å². The van der Waals surface area contributed by atoms with E-state index in [-0.39, 0.29) is 0 Å². The van der Waals surface area contributed by atoms with Gasteiger partial charge in [-0.05, 0) is 34.1 Å². The number of pyridine rings is 1. The summed E-state index contributed by atoms with van der Waals surface area (Å²) in [6.07, 6.45) is 1.57. The van der Waals surface area contributed by atoms with Crippen molar-refractivity contribution in [2.24, 2.45) is 0 Å². The second kappa shape index (κ2) is 4.96. The highest BCUT2D eigenvalue weighted by molar-refractivity contribution is 9.10. The highest BCUT2D eigenvalue weighted by Gasteiger charge is 2.13. The number of nitrogens with two attached hydrogens (primary N) is 1. The number of ether oxygens (including phenoxy) is 1. The molecule has 0 radical (unpaired) electrons. The monoisotopic (exact) mass is 352 g/mol. The number of anilines is 1. The molecule has 0 unspecified atom stereocenters. The summed E-state index contributed by atoms with van der Waals surface area (Å²) in [5, 5.41) is 0.524. The van der Waals surface area contributed by atoms with E-state index in [0.29, 0.717) is 27.9 Å². The smallest absolute Gasteiger partial charge is 0.207 e. The second-order valence-electron chi connectivity index (χ2n) is 4.12. The van der Waals surface area contributed by atoms with Gasteiger partial charge in [-0.1, -0.05) is 11.6 Å². The minimum Gasteiger partial charge on any atom is -0.495 e. The maximum atomic E-state index is 5.98. The Hall–Kier alpha value is -1.79. The molecule has 20 heavy (non-hydrogen) atoms. The number of hydrogen-bond acceptors (Lipinski definition) is 4. The fraction of sp³-hybridized carbons (Fsp3) is 0.0769. The molecule has 7 heteroatoms. The number of nitrogen functional groups attached to an aromatic ring is 1. The van der Waals surface area contributed by atoms with Gasteiger partial charge >= 0.3 is 0 Å². The Bertz CT molecular complexity index is 802. The van der Waals surface area contributed by atoms with Crippen molar-refractivity contribution < 1.29 is 4.74 Å². The molecule has 2 N–H and O–H groups in total. The van der Waals surface area contributed by atoms with Crippen LogP contribution in [0.1, 0.15) is 0 Å². The number of rotatable bonds is 2. The largest absolute Gasteiger partial charge is 0.495 e. The van der Waals surface area contributed by atoms with Crippen LogP contribution < -0.4 is 10.5 Å². The topological polar surface area (TPSA) is 66.0 Å². The molecule has 0 bridgehead atoms. The van der Waals surface area contributed by atoms with Crippen molar-refractivity contribution in [1.29, 1.82) is 0 Å². The minimum atomic E-state index is 0.346. The van der Waals surface area contributed by atoms with Gasteiger partial charge in [0.15, 0.2) is 5.65 Å². The van der Waals surface area contributed by atoms with Crippen molar-refractivity contribution in [3.8, 4) is 11.4 Å². The van der Waals surface area contributed by atoms with Crippen LogP contribution in [-0.2, 0) is 0 Å². The van der Waals surface area contributed by atoms with Crippen molar-refractivity contribution in [2.45, 2.75) is 0 Å². The predicted octanol–water partition coefficient (Wildman–Crippen LogP) is 3.43. The zero-order valence-electron chi connectivity index (χ0n) is 10.5. The Labute approximate surface area is 128 Å². The van der Waals surface area contributed by atoms with Crippen LogP contribution in [0.4, 0.5) is 5.95 Å². The van der Waals surface area contributed by atoms with Gasteiger partial charge in [0.25, 0.3) is 0 Å². The standard InChI is InChI=1S/C13H10BrClN4O/c1-20-11-5-8(2-3-9(11)14)19-12-10(18-13(19)16)4-7(15)6-17-12/h2-6H,1H3,(H2,16,18). The number of aromatic nitrogens is 3. The zero-order valence-corrected chi connectivity index (χ0v) is 12.8. The summed E-state index contributed by atoms with van der Waals surface area (Å²) in [5.74, 6) is 1.05. The molecule has 102 valence electrons. The number of hydrogen-bond donors (Lipinski definition) is 1. The summed E-state index contributed by atoms with van der Waals surface area (Å²) >= 11 is 9.33. The van der Waals surface area contributed by atoms with Crippen LogP contribution in [0.15, 0.2) is 34.9 Å². The van der Waals surface area contributed by atoms with E-state index in [9.17, 15) is 0 Å². The summed E-state index contributed by atoms with van der Waals surface area (Å²) in [6.45, 7) is 0. The first kappa shape index (κ1) is 13.2. The average Bonchev–Trinajstić information content (AvgIpc) is 2.74. The predicted molar refractivity (Wildman–Crippen MR) is 82.5 cm³/mol. The van der Waals surface area contributed by atoms with Gasteiger partial charge in [0.2, 0.25) is 5.95 Å². The van der Waals surface area contributed by atoms with Crippen LogP contribution in [0.3, 0.4) is 0 Å². The molecule has 2 aromatic heterocycles. The number of fused-ring (bicyclic) bond motifs is 1. The van der Waals surface area contributed by atoms with Gasteiger partial charge in [0, 0.05) is 12.3 Å². The molecule has 0 atom stereocenters. The molecule has 0 aliphatic rings. The Morgan fingerprint density at radius 1 is 1.35 bits per heavy atom. The van der Waals surface area contributed by atoms with Crippen molar-refractivity contribution >= 4 is 44.6 Å². The lowest BCUT2D eigenvalue weighted by molar-refractivity contribution is 0.412. The molecule has 0 spiro atoms. The van der Waals surface area contributed by atoms with Gasteiger partial charge in [0.05, 0.1) is 22.3 Å². The van der Waals surface area contributed by atoms with Crippen LogP contribution in [-0.4, -0.2) is 21.6 Å². The lowest BCUT2D eigenvalue weighted by Gasteiger charge is -2.09. The molecular weight excluding hydrogens is 344 g/mol. The van der Waals surface area contributed by atoms with Gasteiger partial charge < -0.3 is 10.5 Å². The molecule has 3 aromatic rings. The summed E-state index contributed by atoms with van der Waals surface area (Å²) in [6, 6.07) is 7.38. The average molecular weight is 354 g/mol. The summed E-state index contributed by atoms with van der Waals surface area (Å²) in [5.41, 5.74) is 8.10. The first-order chi connectivity index (χ1) is 9.60. The zero-order chi connectivity index (χ0) is 14.3. The van der Waals surface area contributed by atoms with Gasteiger partial charge in [-0.2, -0.15) is 0 Å². The van der Waals surface area contributed by atoms with E-state index in [0.717, 1.165) is 10.2 Å². The maximum absolute atomic E-state index is 5.98. The number of imidazole rings is 1. The lowest BCUT2D eigenvalue weighted by Crippen LogP contribution is -2.01. The van der Waals surface area contributed by atoms with Crippen LogP contribution in [0.25, 0.3) is 16.9 Å². The maximum Gasteiger partial charge on any atom is 0.207 e. The number of benzene rings is 1. The van der Waals surface area contributed by atoms with E-state index in [1.165, 1.54) is 0 Å². The fourth-order valence-corrected chi connectivity index (χ4v) is 2.56. The molecule has 3 rings (SSSR count). The highest BCUT2D eigenvalue weighted by Crippen LogP contribution is 2.30. The van der Waals surface area contributed by atoms with E-state index in [1.807, 2.05) is 18.2 Å². The Morgan fingerprint density at radius 2 is 2.15 bits per heavy atom. The first-order valence-corrected chi connectivity index (χ1v) is 6.90. The highest BCUT2D eigenvalue weighted by atomic mass is 79.9. The molecule has 2 heterocycles. The van der Waals surface area contributed by atoms with Gasteiger partial charge in [-0.3, -0.25) is 4.57 Å². The summed E-state index contributed by atoms with van der Waals surface area (Å²) < 4.78 is 7.91. The lowest BCUT2D eigenvalue weighted by atomic mass is 10.3. The Morgan fingerprint density at radius 3 is 2.90 bits per heavy atom. The number of methoxy groups -OCH3 is 1. The van der Waals surface area contributed by atoms with Crippen molar-refractivity contribution in [1.82, 2.24) is 14.5 Å². The Kier molecular flexibility index (Phi) is 3.27. The molecule has 0 amide bonds. The van der Waals surface area contributed by atoms with E-state index in [2.05, 4.69) is 25.9 Å². The van der Waals surface area contributed by atoms with Crippen LogP contribution in [0.2, 0.25) is 5.02 Å². The Balaban J connectivity index is 2.26. The molecule has 0 fully saturated rings. The van der Waals surface area contributed by atoms with Gasteiger partial charge in [0.1, 0.15) is 11.3 Å². The molecule has 1 aromatic carbocycles. The van der Waals surface area contributed by atoms with Gasteiger partial charge in [-0.25, -0.2) is 9.97 Å². The molecular formula is C13H10BrClN4O. The second-order valence-corrected chi connectivity index (χ2v) is 5.41. The SMILES string of the molecule is COc1cc(-n2c(N)nc3cc(Cl)cnc32)ccc1Br. The third kappa shape index (κ3) is 2.10. The summed E-state index contributed by atoms with van der Waals surface area (Å²) in [7, 11) is 1.61. The number of halogens is 2. The quantitative estimate of drug-likeness (QED) is 0.766. The van der Waals surface area contributed by atoms with Crippen molar-refractivity contribution in [2.75, 3.05) is 12.8 Å². The van der Waals surface area contributed by atoms with E-state index in [1.54, 1.807) is 23.9 Å². The number of nitrogens with zero attached hydrogens (tertiary/aromatic N) is 3. The molecule has 0 saturated carbocycles. The summed E-state index contributed by atoms with van der Waals surface area (Å²) in [4.78, 5) is 8.56. The van der Waals surface area contributed by atoms with Crippen molar-refractivity contribution in [3.63, 3.8) is 0 Å². The van der Waals surface area contributed by atoms with Crippen LogP contribution in [0, 0.1) is 0 Å². The van der Waals surface area contributed by atoms with Crippen molar-refractivity contribution in [3.05, 3.63) is 40.0 Å². The van der Waals surface area contributed by atoms with Crippen LogP contribution >= 0.6 is 27.5 Å². The fourth-order valence-electron chi connectivity index (χ4n) is 2.00. The van der Waals surface area contributed by atoms with Gasteiger partial charge in [-0.15, -0.1) is 0 Å². The molecule has 0 aliphatic heterocycles. The normalized spacial score (nSPS) is 10.9.